The molecule has 2 atom stereocenters. The molecule has 8 heteroatoms. The predicted molar refractivity (Wildman–Crippen MR) is 163 cm³/mol. The third-order valence-corrected chi connectivity index (χ3v) is 7.93. The highest BCUT2D eigenvalue weighted by Crippen LogP contribution is 2.45. The van der Waals surface area contributed by atoms with E-state index in [1.54, 1.807) is 11.8 Å². The van der Waals surface area contributed by atoms with E-state index < -0.39 is 0 Å². The molecular formula is C30H38N4O2S2. The summed E-state index contributed by atoms with van der Waals surface area (Å²) >= 11 is 5.84. The summed E-state index contributed by atoms with van der Waals surface area (Å²) in [6.45, 7) is 4.51. The van der Waals surface area contributed by atoms with Gasteiger partial charge in [0.2, 0.25) is 5.91 Å². The zero-order valence-electron chi connectivity index (χ0n) is 22.3. The van der Waals surface area contributed by atoms with Gasteiger partial charge in [-0.15, -0.1) is 12.6 Å². The number of hydrogen-bond donors (Lipinski definition) is 4. The molecule has 1 aliphatic heterocycles. The molecule has 3 aromatic carbocycles. The van der Waals surface area contributed by atoms with Crippen molar-refractivity contribution in [2.75, 3.05) is 18.6 Å². The minimum absolute atomic E-state index is 0.0505. The van der Waals surface area contributed by atoms with Crippen LogP contribution in [0.3, 0.4) is 0 Å². The lowest BCUT2D eigenvalue weighted by Gasteiger charge is -2.27. The topological polar surface area (TPSA) is 108 Å². The Balaban J connectivity index is 0.000000494. The summed E-state index contributed by atoms with van der Waals surface area (Å²) in [6.07, 6.45) is 1.71. The Morgan fingerprint density at radius 3 is 2.42 bits per heavy atom. The van der Waals surface area contributed by atoms with Crippen molar-refractivity contribution in [2.45, 2.75) is 54.3 Å². The summed E-state index contributed by atoms with van der Waals surface area (Å²) in [6, 6.07) is 24.1. The van der Waals surface area contributed by atoms with Gasteiger partial charge in [-0.25, -0.2) is 0 Å². The number of allylic oxidation sites excluding steroid dienone is 1. The van der Waals surface area contributed by atoms with E-state index in [1.807, 2.05) is 68.4 Å². The number of anilines is 1. The van der Waals surface area contributed by atoms with Crippen molar-refractivity contribution in [3.63, 3.8) is 0 Å². The first-order chi connectivity index (χ1) is 18.2. The van der Waals surface area contributed by atoms with Crippen molar-refractivity contribution in [2.24, 2.45) is 17.2 Å². The fourth-order valence-corrected chi connectivity index (χ4v) is 5.57. The van der Waals surface area contributed by atoms with Crippen LogP contribution in [0.4, 0.5) is 5.69 Å². The highest BCUT2D eigenvalue weighted by Gasteiger charge is 2.32. The number of nitrogens with zero attached hydrogens (tertiary/aromatic N) is 1. The second-order valence-corrected chi connectivity index (χ2v) is 11.2. The fourth-order valence-electron chi connectivity index (χ4n) is 4.08. The quantitative estimate of drug-likeness (QED) is 0.208. The molecule has 4 rings (SSSR count). The second kappa shape index (κ2) is 14.2. The van der Waals surface area contributed by atoms with Crippen molar-refractivity contribution < 1.29 is 9.53 Å². The zero-order chi connectivity index (χ0) is 27.7. The molecule has 0 aromatic heterocycles. The molecule has 0 saturated heterocycles. The maximum Gasteiger partial charge on any atom is 0.217 e. The molecule has 1 aliphatic rings. The van der Waals surface area contributed by atoms with E-state index in [4.69, 9.17) is 21.9 Å². The largest absolute Gasteiger partial charge is 0.494 e. The van der Waals surface area contributed by atoms with E-state index in [0.29, 0.717) is 19.4 Å². The highest BCUT2D eigenvalue weighted by molar-refractivity contribution is 8.00. The van der Waals surface area contributed by atoms with Crippen LogP contribution in [-0.4, -0.2) is 31.0 Å². The Kier molecular flexibility index (Phi) is 11.0. The minimum atomic E-state index is -0.305. The molecule has 0 radical (unpaired) electrons. The summed E-state index contributed by atoms with van der Waals surface area (Å²) in [5, 5.41) is 0.129. The molecule has 3 aromatic rings. The Morgan fingerprint density at radius 2 is 1.79 bits per heavy atom. The average molecular weight is 551 g/mol. The maximum atomic E-state index is 10.9. The van der Waals surface area contributed by atoms with Gasteiger partial charge in [-0.3, -0.25) is 4.79 Å². The summed E-state index contributed by atoms with van der Waals surface area (Å²) in [7, 11) is 2.08. The molecule has 0 bridgehead atoms. The van der Waals surface area contributed by atoms with E-state index >= 15 is 0 Å². The van der Waals surface area contributed by atoms with E-state index in [9.17, 15) is 4.79 Å². The standard InChI is InChI=1S/C24H32N4O2S.C6H6S/c1-15(2)23(27)17-7-4-6-16(12-17)13-19(25)24-28(3)20-10-9-18(14-21(20)31-24)30-11-5-8-22(26)29;7-6-4-2-1-3-5-6/h4,6-7,9-10,12,14,19,24H,5,8,11,13,25,27H2,1-3H3,(H2,26,29);1-5,7H. The van der Waals surface area contributed by atoms with Crippen molar-refractivity contribution in [3.8, 4) is 5.75 Å². The van der Waals surface area contributed by atoms with Crippen molar-refractivity contribution >= 4 is 41.7 Å². The molecule has 0 spiro atoms. The van der Waals surface area contributed by atoms with Crippen LogP contribution in [0.25, 0.3) is 5.70 Å². The molecule has 0 fully saturated rings. The van der Waals surface area contributed by atoms with Gasteiger partial charge < -0.3 is 26.8 Å². The summed E-state index contributed by atoms with van der Waals surface area (Å²) in [5.74, 6) is 0.490. The predicted octanol–water partition coefficient (Wildman–Crippen LogP) is 5.45. The van der Waals surface area contributed by atoms with E-state index in [0.717, 1.165) is 44.5 Å². The minimum Gasteiger partial charge on any atom is -0.494 e. The van der Waals surface area contributed by atoms with Crippen LogP contribution < -0.4 is 26.8 Å². The first kappa shape index (κ1) is 29.5. The lowest BCUT2D eigenvalue weighted by atomic mass is 10.0. The number of nitrogens with two attached hydrogens (primary N) is 3. The number of fused-ring (bicyclic) bond motifs is 1. The number of amides is 1. The number of hydrogen-bond acceptors (Lipinski definition) is 7. The molecule has 202 valence electrons. The van der Waals surface area contributed by atoms with Crippen LogP contribution in [0.5, 0.6) is 5.75 Å². The summed E-state index contributed by atoms with van der Waals surface area (Å²) < 4.78 is 5.78. The van der Waals surface area contributed by atoms with Gasteiger partial charge in [0.25, 0.3) is 0 Å². The van der Waals surface area contributed by atoms with E-state index in [1.165, 1.54) is 5.56 Å². The third-order valence-electron chi connectivity index (χ3n) is 6.15. The molecule has 1 heterocycles. The van der Waals surface area contributed by atoms with Gasteiger partial charge >= 0.3 is 0 Å². The molecule has 0 saturated carbocycles. The molecule has 6 nitrogen and oxygen atoms in total. The van der Waals surface area contributed by atoms with Gasteiger partial charge in [0.05, 0.1) is 17.7 Å². The Morgan fingerprint density at radius 1 is 1.05 bits per heavy atom. The molecule has 2 unspecified atom stereocenters. The Labute approximate surface area is 236 Å². The number of likely N-dealkylation sites (N-methyl/N-ethyl adjacent to an activating group) is 1. The lowest BCUT2D eigenvalue weighted by Crippen LogP contribution is -2.43. The number of rotatable bonds is 9. The maximum absolute atomic E-state index is 10.9. The number of carbonyl (C=O) groups excluding carboxylic acids is 1. The first-order valence-electron chi connectivity index (χ1n) is 12.6. The number of thioether (sulfide) groups is 1. The highest BCUT2D eigenvalue weighted by atomic mass is 32.2. The molecule has 38 heavy (non-hydrogen) atoms. The van der Waals surface area contributed by atoms with Crippen molar-refractivity contribution in [1.82, 2.24) is 0 Å². The smallest absolute Gasteiger partial charge is 0.217 e. The number of ether oxygens (including phenoxy) is 1. The SMILES string of the molecule is CC(C)=C(N)c1cccc(CC(N)C2Sc3cc(OCCCC(N)=O)ccc3N2C)c1.Sc1ccccc1. The Hall–Kier alpha value is -3.07. The van der Waals surface area contributed by atoms with Crippen LogP contribution in [0.15, 0.2) is 88.2 Å². The number of primary amides is 1. The van der Waals surface area contributed by atoms with Gasteiger partial charge in [0.15, 0.2) is 0 Å². The van der Waals surface area contributed by atoms with Gasteiger partial charge in [0.1, 0.15) is 5.75 Å². The second-order valence-electron chi connectivity index (χ2n) is 9.48. The number of thiol groups is 1. The van der Waals surface area contributed by atoms with Gasteiger partial charge in [-0.1, -0.05) is 53.7 Å². The Bertz CT molecular complexity index is 1250. The monoisotopic (exact) mass is 550 g/mol. The number of carbonyl (C=O) groups is 1. The van der Waals surface area contributed by atoms with Gasteiger partial charge in [0, 0.05) is 35.0 Å². The van der Waals surface area contributed by atoms with Gasteiger partial charge in [-0.2, -0.15) is 0 Å². The van der Waals surface area contributed by atoms with E-state index in [-0.39, 0.29) is 17.3 Å². The normalized spacial score (nSPS) is 14.7. The summed E-state index contributed by atoms with van der Waals surface area (Å²) in [4.78, 5) is 15.2. The van der Waals surface area contributed by atoms with Crippen molar-refractivity contribution in [1.29, 1.82) is 0 Å². The average Bonchev–Trinajstić information content (AvgIpc) is 3.22. The van der Waals surface area contributed by atoms with Crippen LogP contribution in [0.1, 0.15) is 37.8 Å². The first-order valence-corrected chi connectivity index (χ1v) is 13.9. The van der Waals surface area contributed by atoms with E-state index in [2.05, 4.69) is 42.8 Å². The lowest BCUT2D eigenvalue weighted by molar-refractivity contribution is -0.118. The molecule has 0 aliphatic carbocycles. The van der Waals surface area contributed by atoms with Crippen LogP contribution in [0, 0.1) is 0 Å². The fraction of sp³-hybridized carbons (Fsp3) is 0.300. The summed E-state index contributed by atoms with van der Waals surface area (Å²) in [5.41, 5.74) is 23.3. The molecule has 1 amide bonds. The van der Waals surface area contributed by atoms with Gasteiger partial charge in [-0.05, 0) is 74.2 Å². The van der Waals surface area contributed by atoms with Crippen LogP contribution >= 0.6 is 24.4 Å². The zero-order valence-corrected chi connectivity index (χ0v) is 24.0. The van der Waals surface area contributed by atoms with Crippen LogP contribution in [-0.2, 0) is 11.2 Å². The van der Waals surface area contributed by atoms with Crippen LogP contribution in [0.2, 0.25) is 0 Å². The van der Waals surface area contributed by atoms with Crippen molar-refractivity contribution in [3.05, 3.63) is 89.5 Å². The number of benzene rings is 3. The molecular weight excluding hydrogens is 512 g/mol. The third kappa shape index (κ3) is 8.48. The molecule has 6 N–H and O–H groups in total.